The molecule has 0 aliphatic carbocycles. The van der Waals surface area contributed by atoms with Crippen LogP contribution in [0.15, 0.2) is 29.3 Å². The molecule has 3 rings (SSSR count). The van der Waals surface area contributed by atoms with E-state index in [1.807, 2.05) is 6.92 Å². The summed E-state index contributed by atoms with van der Waals surface area (Å²) in [6.07, 6.45) is 1.65. The number of sulfonamides is 1. The molecule has 0 saturated carbocycles. The molecule has 1 aliphatic rings. The Hall–Kier alpha value is -1.65. The van der Waals surface area contributed by atoms with E-state index in [1.54, 1.807) is 16.9 Å². The number of ether oxygens (including phenoxy) is 1. The molecule has 28 heavy (non-hydrogen) atoms. The molecule has 1 aromatic carbocycles. The average molecular weight is 447 g/mol. The summed E-state index contributed by atoms with van der Waals surface area (Å²) < 4.78 is 34.1. The maximum atomic E-state index is 12.9. The fourth-order valence-electron chi connectivity index (χ4n) is 2.89. The average Bonchev–Trinajstić information content (AvgIpc) is 3.14. The highest BCUT2D eigenvalue weighted by Crippen LogP contribution is 2.31. The summed E-state index contributed by atoms with van der Waals surface area (Å²) in [4.78, 5) is 12.5. The quantitative estimate of drug-likeness (QED) is 0.733. The minimum Gasteiger partial charge on any atom is -0.379 e. The summed E-state index contributed by atoms with van der Waals surface area (Å²) in [5.41, 5.74) is 0.863. The molecule has 1 aromatic heterocycles. The summed E-state index contributed by atoms with van der Waals surface area (Å²) in [5, 5.41) is 6.92. The van der Waals surface area contributed by atoms with Crippen LogP contribution in [-0.4, -0.2) is 54.7 Å². The highest BCUT2D eigenvalue weighted by molar-refractivity contribution is 7.89. The predicted molar refractivity (Wildman–Crippen MR) is 105 cm³/mol. The van der Waals surface area contributed by atoms with Crippen LogP contribution in [0.4, 0.5) is 0 Å². The van der Waals surface area contributed by atoms with Gasteiger partial charge in [-0.3, -0.25) is 9.48 Å². The second-order valence-electron chi connectivity index (χ2n) is 6.10. The topological polar surface area (TPSA) is 93.5 Å². The molecule has 0 unspecified atom stereocenters. The summed E-state index contributed by atoms with van der Waals surface area (Å²) in [5.74, 6) is -0.496. The highest BCUT2D eigenvalue weighted by Gasteiger charge is 2.30. The summed E-state index contributed by atoms with van der Waals surface area (Å²) in [6, 6.07) is 4.30. The van der Waals surface area contributed by atoms with E-state index in [2.05, 4.69) is 10.4 Å². The van der Waals surface area contributed by atoms with Gasteiger partial charge in [0.05, 0.1) is 41.1 Å². The second kappa shape index (κ2) is 8.79. The Morgan fingerprint density at radius 2 is 1.96 bits per heavy atom. The third-order valence-corrected chi connectivity index (χ3v) is 7.06. The molecule has 0 radical (unpaired) electrons. The first-order chi connectivity index (χ1) is 13.3. The number of hydrogen-bond acceptors (Lipinski definition) is 5. The standard InChI is InChI=1S/C17H20Cl2N4O4S/c1-2-23-12(3-4-21-23)11-20-17(24)13-9-16(15(19)10-14(13)18)28(25,26)22-5-7-27-8-6-22/h3-4,9-10H,2,5-8,11H2,1H3,(H,20,24). The maximum Gasteiger partial charge on any atom is 0.253 e. The molecule has 1 N–H and O–H groups in total. The van der Waals surface area contributed by atoms with Crippen LogP contribution in [0.5, 0.6) is 0 Å². The Bertz CT molecular complexity index is 972. The number of rotatable bonds is 6. The van der Waals surface area contributed by atoms with Gasteiger partial charge in [-0.15, -0.1) is 0 Å². The molecule has 1 amide bonds. The van der Waals surface area contributed by atoms with Gasteiger partial charge in [0.1, 0.15) is 4.90 Å². The number of benzene rings is 1. The summed E-state index contributed by atoms with van der Waals surface area (Å²) in [7, 11) is -3.87. The first-order valence-corrected chi connectivity index (χ1v) is 10.9. The molecule has 0 spiro atoms. The minimum atomic E-state index is -3.87. The second-order valence-corrected chi connectivity index (χ2v) is 8.82. The van der Waals surface area contributed by atoms with Gasteiger partial charge in [0.15, 0.2) is 0 Å². The first-order valence-electron chi connectivity index (χ1n) is 8.70. The molecule has 1 aliphatic heterocycles. The molecule has 11 heteroatoms. The molecule has 8 nitrogen and oxygen atoms in total. The van der Waals surface area contributed by atoms with Crippen LogP contribution in [0.1, 0.15) is 23.0 Å². The largest absolute Gasteiger partial charge is 0.379 e. The molecule has 0 atom stereocenters. The Morgan fingerprint density at radius 1 is 1.25 bits per heavy atom. The molecule has 2 aromatic rings. The van der Waals surface area contributed by atoms with Crippen molar-refractivity contribution in [3.05, 3.63) is 45.7 Å². The molecule has 2 heterocycles. The Morgan fingerprint density at radius 3 is 2.64 bits per heavy atom. The van der Waals surface area contributed by atoms with Gasteiger partial charge in [-0.25, -0.2) is 8.42 Å². The number of amides is 1. The van der Waals surface area contributed by atoms with E-state index in [-0.39, 0.29) is 40.1 Å². The van der Waals surface area contributed by atoms with Gasteiger partial charge in [-0.05, 0) is 25.1 Å². The zero-order valence-electron chi connectivity index (χ0n) is 15.2. The fraction of sp³-hybridized carbons (Fsp3) is 0.412. The monoisotopic (exact) mass is 446 g/mol. The van der Waals surface area contributed by atoms with Crippen molar-refractivity contribution in [1.82, 2.24) is 19.4 Å². The van der Waals surface area contributed by atoms with Crippen LogP contribution < -0.4 is 5.32 Å². The number of carbonyl (C=O) groups is 1. The van der Waals surface area contributed by atoms with Crippen LogP contribution in [0.2, 0.25) is 10.0 Å². The molecule has 0 bridgehead atoms. The SMILES string of the molecule is CCn1nccc1CNC(=O)c1cc(S(=O)(=O)N2CCOCC2)c(Cl)cc1Cl. The molecular weight excluding hydrogens is 427 g/mol. The number of morpholine rings is 1. The lowest BCUT2D eigenvalue weighted by Crippen LogP contribution is -2.40. The van der Waals surface area contributed by atoms with Crippen LogP contribution in [0, 0.1) is 0 Å². The van der Waals surface area contributed by atoms with Crippen molar-refractivity contribution < 1.29 is 17.9 Å². The number of halogens is 2. The Balaban J connectivity index is 1.85. The van der Waals surface area contributed by atoms with Crippen LogP contribution >= 0.6 is 23.2 Å². The van der Waals surface area contributed by atoms with Gasteiger partial charge >= 0.3 is 0 Å². The van der Waals surface area contributed by atoms with Crippen molar-refractivity contribution in [3.8, 4) is 0 Å². The molecular formula is C17H20Cl2N4O4S. The van der Waals surface area contributed by atoms with E-state index in [4.69, 9.17) is 27.9 Å². The summed E-state index contributed by atoms with van der Waals surface area (Å²) in [6.45, 7) is 3.91. The smallest absolute Gasteiger partial charge is 0.253 e. The van der Waals surface area contributed by atoms with Gasteiger partial charge in [-0.2, -0.15) is 9.40 Å². The van der Waals surface area contributed by atoms with Crippen molar-refractivity contribution in [3.63, 3.8) is 0 Å². The van der Waals surface area contributed by atoms with E-state index in [0.29, 0.717) is 19.8 Å². The van der Waals surface area contributed by atoms with Crippen LogP contribution in [0.3, 0.4) is 0 Å². The van der Waals surface area contributed by atoms with E-state index >= 15 is 0 Å². The van der Waals surface area contributed by atoms with Crippen LogP contribution in [0.25, 0.3) is 0 Å². The third kappa shape index (κ3) is 4.33. The van der Waals surface area contributed by atoms with Gasteiger partial charge < -0.3 is 10.1 Å². The van der Waals surface area contributed by atoms with E-state index in [1.165, 1.54) is 16.4 Å². The number of nitrogens with one attached hydrogen (secondary N) is 1. The van der Waals surface area contributed by atoms with Gasteiger partial charge in [0.25, 0.3) is 5.91 Å². The van der Waals surface area contributed by atoms with Crippen molar-refractivity contribution in [2.75, 3.05) is 26.3 Å². The van der Waals surface area contributed by atoms with E-state index in [9.17, 15) is 13.2 Å². The van der Waals surface area contributed by atoms with Crippen molar-refractivity contribution in [1.29, 1.82) is 0 Å². The molecule has 1 saturated heterocycles. The lowest BCUT2D eigenvalue weighted by molar-refractivity contribution is 0.0730. The van der Waals surface area contributed by atoms with Crippen LogP contribution in [-0.2, 0) is 27.8 Å². The molecule has 152 valence electrons. The Labute approximate surface area is 173 Å². The number of nitrogens with zero attached hydrogens (tertiary/aromatic N) is 3. The fourth-order valence-corrected chi connectivity index (χ4v) is 5.13. The van der Waals surface area contributed by atoms with E-state index in [0.717, 1.165) is 5.69 Å². The normalized spacial score (nSPS) is 15.5. The number of hydrogen-bond donors (Lipinski definition) is 1. The molecule has 1 fully saturated rings. The van der Waals surface area contributed by atoms with Gasteiger partial charge in [0.2, 0.25) is 10.0 Å². The van der Waals surface area contributed by atoms with Crippen molar-refractivity contribution >= 4 is 39.1 Å². The number of aryl methyl sites for hydroxylation is 1. The third-order valence-electron chi connectivity index (χ3n) is 4.39. The van der Waals surface area contributed by atoms with Gasteiger partial charge in [-0.1, -0.05) is 23.2 Å². The zero-order valence-corrected chi connectivity index (χ0v) is 17.5. The highest BCUT2D eigenvalue weighted by atomic mass is 35.5. The Kier molecular flexibility index (Phi) is 6.61. The zero-order chi connectivity index (χ0) is 20.3. The lowest BCUT2D eigenvalue weighted by atomic mass is 10.2. The lowest BCUT2D eigenvalue weighted by Gasteiger charge is -2.26. The number of aromatic nitrogens is 2. The number of carbonyl (C=O) groups excluding carboxylic acids is 1. The van der Waals surface area contributed by atoms with Crippen molar-refractivity contribution in [2.45, 2.75) is 24.9 Å². The minimum absolute atomic E-state index is 0.0305. The predicted octanol–water partition coefficient (Wildman–Crippen LogP) is 2.16. The van der Waals surface area contributed by atoms with E-state index < -0.39 is 15.9 Å². The summed E-state index contributed by atoms with van der Waals surface area (Å²) >= 11 is 12.3. The maximum absolute atomic E-state index is 12.9. The van der Waals surface area contributed by atoms with Crippen molar-refractivity contribution in [2.24, 2.45) is 0 Å². The first kappa shape index (κ1) is 21.1. The van der Waals surface area contributed by atoms with Gasteiger partial charge in [0, 0.05) is 25.8 Å².